The summed E-state index contributed by atoms with van der Waals surface area (Å²) in [7, 11) is 0. The molecule has 0 spiro atoms. The minimum Gasteiger partial charge on any atom is -0.656 e. The van der Waals surface area contributed by atoms with Crippen LogP contribution in [0.15, 0.2) is 0 Å². The van der Waals surface area contributed by atoms with Gasteiger partial charge in [-0.3, -0.25) is 0 Å². The fourth-order valence-corrected chi connectivity index (χ4v) is 2.01. The molecule has 2 saturated heterocycles. The fourth-order valence-electron chi connectivity index (χ4n) is 2.01. The van der Waals surface area contributed by atoms with Gasteiger partial charge in [-0.25, -0.2) is 4.79 Å². The van der Waals surface area contributed by atoms with E-state index in [0.717, 1.165) is 19.5 Å². The molecule has 2 unspecified atom stereocenters. The summed E-state index contributed by atoms with van der Waals surface area (Å²) >= 11 is 0. The zero-order valence-electron chi connectivity index (χ0n) is 13.0. The van der Waals surface area contributed by atoms with Gasteiger partial charge >= 0.3 is 37.2 Å². The van der Waals surface area contributed by atoms with E-state index in [-0.39, 0.29) is 37.2 Å². The largest absolute Gasteiger partial charge is 2.00 e. The smallest absolute Gasteiger partial charge is 0.656 e. The van der Waals surface area contributed by atoms with E-state index in [2.05, 4.69) is 26.1 Å². The number of carbonyl (C=O) groups excluding carboxylic acids is 1. The van der Waals surface area contributed by atoms with Gasteiger partial charge < -0.3 is 20.9 Å². The van der Waals surface area contributed by atoms with Crippen LogP contribution in [0.4, 0.5) is 4.79 Å². The van der Waals surface area contributed by atoms with Crippen LogP contribution in [0.2, 0.25) is 0 Å². The third-order valence-corrected chi connectivity index (χ3v) is 2.59. The zero-order chi connectivity index (χ0) is 13.9. The zero-order valence-corrected chi connectivity index (χ0v) is 17.2. The number of rotatable bonds is 0. The maximum atomic E-state index is 11.7. The Labute approximate surface area is 141 Å². The topological polar surface area (TPSA) is 43.6 Å². The van der Waals surface area contributed by atoms with Crippen molar-refractivity contribution in [3.8, 4) is 0 Å². The van der Waals surface area contributed by atoms with E-state index in [0.29, 0.717) is 12.1 Å². The standard InChI is InChI=1S/C10H17N2O2.C4H9.U/c1-10(2,3)14-9(13)12-6-7-4-8(12)5-11-7;1-4(2)3;/h7-8H,4-6H2,1-3H3;1-3H3;/q2*-1;+2. The van der Waals surface area contributed by atoms with Crippen molar-refractivity contribution in [3.63, 3.8) is 0 Å². The van der Waals surface area contributed by atoms with Gasteiger partial charge in [-0.2, -0.15) is 20.8 Å². The van der Waals surface area contributed by atoms with Gasteiger partial charge in [0.2, 0.25) is 0 Å². The number of fused-ring (bicyclic) bond motifs is 2. The summed E-state index contributed by atoms with van der Waals surface area (Å²) in [6.45, 7) is 13.5. The van der Waals surface area contributed by atoms with Crippen LogP contribution in [0.1, 0.15) is 48.0 Å². The minimum atomic E-state index is -0.393. The maximum absolute atomic E-state index is 11.7. The molecule has 2 atom stereocenters. The SMILES string of the molecule is CC(C)(C)OC(=O)N1CC2CC1C[N-]2.C[C-](C)C.[U+2]. The quantitative estimate of drug-likeness (QED) is 0.487. The Hall–Kier alpha value is 0.282. The Morgan fingerprint density at radius 3 is 2.16 bits per heavy atom. The molecule has 0 saturated carbocycles. The van der Waals surface area contributed by atoms with Crippen molar-refractivity contribution in [1.29, 1.82) is 0 Å². The van der Waals surface area contributed by atoms with Crippen LogP contribution < -0.4 is 0 Å². The fraction of sp³-hybridized carbons (Fsp3) is 0.857. The first kappa shape index (κ1) is 19.3. The third-order valence-electron chi connectivity index (χ3n) is 2.59. The number of hydrogen-bond donors (Lipinski definition) is 0. The molecule has 2 bridgehead atoms. The molecule has 0 aromatic carbocycles. The van der Waals surface area contributed by atoms with Crippen LogP contribution in [0.5, 0.6) is 0 Å². The molecule has 0 radical (unpaired) electrons. The molecule has 2 aliphatic rings. The van der Waals surface area contributed by atoms with E-state index in [4.69, 9.17) is 4.74 Å². The molecule has 19 heavy (non-hydrogen) atoms. The number of carbonyl (C=O) groups is 1. The van der Waals surface area contributed by atoms with E-state index in [9.17, 15) is 4.79 Å². The molecule has 0 aromatic rings. The van der Waals surface area contributed by atoms with Crippen molar-refractivity contribution in [1.82, 2.24) is 4.90 Å². The summed E-state index contributed by atoms with van der Waals surface area (Å²) < 4.78 is 5.32. The Morgan fingerprint density at radius 2 is 1.84 bits per heavy atom. The molecule has 4 nitrogen and oxygen atoms in total. The number of likely N-dealkylation sites (tertiary alicyclic amines) is 1. The number of nitrogens with zero attached hydrogens (tertiary/aromatic N) is 2. The molecule has 5 heteroatoms. The van der Waals surface area contributed by atoms with Crippen LogP contribution in [0.3, 0.4) is 0 Å². The van der Waals surface area contributed by atoms with Crippen LogP contribution in [-0.2, 0) is 4.74 Å². The van der Waals surface area contributed by atoms with E-state index in [1.54, 1.807) is 0 Å². The number of ether oxygens (including phenoxy) is 1. The minimum absolute atomic E-state index is 0. The van der Waals surface area contributed by atoms with Gasteiger partial charge in [0.05, 0.1) is 0 Å². The summed E-state index contributed by atoms with van der Waals surface area (Å²) in [5.41, 5.74) is -0.393. The van der Waals surface area contributed by atoms with E-state index in [1.807, 2.05) is 25.7 Å². The molecule has 0 aromatic heterocycles. The second-order valence-electron chi connectivity index (χ2n) is 6.54. The first-order chi connectivity index (χ1) is 8.19. The summed E-state index contributed by atoms with van der Waals surface area (Å²) in [5.74, 6) is 1.42. The van der Waals surface area contributed by atoms with Gasteiger partial charge in [0.25, 0.3) is 0 Å². The van der Waals surface area contributed by atoms with E-state index in [1.165, 1.54) is 5.92 Å². The average molecular weight is 492 g/mol. The monoisotopic (exact) mass is 492 g/mol. The van der Waals surface area contributed by atoms with Crippen molar-refractivity contribution < 1.29 is 40.6 Å². The molecule has 2 heterocycles. The second kappa shape index (κ2) is 7.90. The Kier molecular flexibility index (Phi) is 8.02. The molecule has 1 amide bonds. The predicted octanol–water partition coefficient (Wildman–Crippen LogP) is 3.37. The molecule has 0 N–H and O–H groups in total. The number of amides is 1. The molecule has 2 fully saturated rings. The summed E-state index contributed by atoms with van der Waals surface area (Å²) in [6.07, 6.45) is 0.846. The number of piperazine rings is 1. The van der Waals surface area contributed by atoms with Gasteiger partial charge in [-0.05, 0) is 27.2 Å². The summed E-state index contributed by atoms with van der Waals surface area (Å²) in [6, 6.07) is 0.669. The normalized spacial score (nSPS) is 24.7. The van der Waals surface area contributed by atoms with Gasteiger partial charge in [-0.1, -0.05) is 0 Å². The van der Waals surface area contributed by atoms with Gasteiger partial charge in [0, 0.05) is 12.6 Å². The second-order valence-corrected chi connectivity index (χ2v) is 6.54. The molecular weight excluding hydrogens is 466 g/mol. The maximum Gasteiger partial charge on any atom is 2.00 e. The van der Waals surface area contributed by atoms with Gasteiger partial charge in [0.1, 0.15) is 5.60 Å². The summed E-state index contributed by atoms with van der Waals surface area (Å²) in [5, 5.41) is 4.38. The van der Waals surface area contributed by atoms with Gasteiger partial charge in [-0.15, -0.1) is 12.6 Å². The first-order valence-corrected chi connectivity index (χ1v) is 6.62. The average Bonchev–Trinajstić information content (AvgIpc) is 2.74. The predicted molar refractivity (Wildman–Crippen MR) is 73.6 cm³/mol. The Bertz CT molecular complexity index is 287. The Morgan fingerprint density at radius 1 is 1.32 bits per heavy atom. The summed E-state index contributed by atoms with van der Waals surface area (Å²) in [4.78, 5) is 13.5. The van der Waals surface area contributed by atoms with Crippen molar-refractivity contribution in [2.45, 2.75) is 65.6 Å². The van der Waals surface area contributed by atoms with E-state index >= 15 is 0 Å². The molecule has 108 valence electrons. The van der Waals surface area contributed by atoms with Crippen molar-refractivity contribution in [2.75, 3.05) is 13.1 Å². The molecule has 2 aliphatic heterocycles. The van der Waals surface area contributed by atoms with E-state index < -0.39 is 5.60 Å². The molecule has 0 aliphatic carbocycles. The molecule has 2 rings (SSSR count). The van der Waals surface area contributed by atoms with Crippen LogP contribution in [0.25, 0.3) is 5.32 Å². The number of hydrogen-bond acceptors (Lipinski definition) is 2. The van der Waals surface area contributed by atoms with Crippen molar-refractivity contribution in [2.24, 2.45) is 0 Å². The van der Waals surface area contributed by atoms with Crippen molar-refractivity contribution in [3.05, 3.63) is 11.2 Å². The van der Waals surface area contributed by atoms with Crippen LogP contribution in [-0.4, -0.2) is 41.8 Å². The molecular formula is C14H26N2O2U. The van der Waals surface area contributed by atoms with Gasteiger partial charge in [0.15, 0.2) is 0 Å². The van der Waals surface area contributed by atoms with Crippen LogP contribution >= 0.6 is 0 Å². The third kappa shape index (κ3) is 7.02. The first-order valence-electron chi connectivity index (χ1n) is 6.62. The van der Waals surface area contributed by atoms with Crippen molar-refractivity contribution >= 4 is 6.09 Å². The Balaban J connectivity index is 0.000000576. The van der Waals surface area contributed by atoms with Crippen LogP contribution in [0, 0.1) is 37.0 Å².